The molecule has 2 aromatic rings. The van der Waals surface area contributed by atoms with Gasteiger partial charge >= 0.3 is 0 Å². The van der Waals surface area contributed by atoms with Crippen LogP contribution >= 0.6 is 0 Å². The maximum Gasteiger partial charge on any atom is 0.249 e. The van der Waals surface area contributed by atoms with Gasteiger partial charge in [0.25, 0.3) is 0 Å². The van der Waals surface area contributed by atoms with Crippen molar-refractivity contribution in [3.63, 3.8) is 0 Å². The van der Waals surface area contributed by atoms with Crippen LogP contribution in [-0.4, -0.2) is 49.5 Å². The number of ether oxygens (including phenoxy) is 1. The zero-order valence-electron chi connectivity index (χ0n) is 14.8. The fourth-order valence-corrected chi connectivity index (χ4v) is 3.56. The molecular formula is C20H24N3O3+. The summed E-state index contributed by atoms with van der Waals surface area (Å²) < 4.78 is 11.0. The van der Waals surface area contributed by atoms with Crippen molar-refractivity contribution < 1.29 is 18.8 Å². The van der Waals surface area contributed by atoms with Crippen LogP contribution in [0.1, 0.15) is 30.2 Å². The summed E-state index contributed by atoms with van der Waals surface area (Å²) in [5.74, 6) is 0.836. The normalized spacial score (nSPS) is 21.0. The Morgan fingerprint density at radius 1 is 1.15 bits per heavy atom. The van der Waals surface area contributed by atoms with Crippen LogP contribution in [0.3, 0.4) is 0 Å². The summed E-state index contributed by atoms with van der Waals surface area (Å²) in [6.45, 7) is 4.30. The summed E-state index contributed by atoms with van der Waals surface area (Å²) in [6, 6.07) is 13.6. The number of hydrazone groups is 1. The molecule has 4 rings (SSSR count). The van der Waals surface area contributed by atoms with E-state index < -0.39 is 0 Å². The minimum absolute atomic E-state index is 0.0522. The van der Waals surface area contributed by atoms with Gasteiger partial charge < -0.3 is 14.1 Å². The number of quaternary nitrogens is 1. The molecule has 0 aliphatic carbocycles. The van der Waals surface area contributed by atoms with Crippen LogP contribution < -0.4 is 4.90 Å². The van der Waals surface area contributed by atoms with E-state index in [1.54, 1.807) is 11.3 Å². The molecule has 1 saturated heterocycles. The van der Waals surface area contributed by atoms with Crippen LogP contribution in [-0.2, 0) is 9.53 Å². The molecule has 26 heavy (non-hydrogen) atoms. The molecule has 1 aromatic heterocycles. The highest BCUT2D eigenvalue weighted by Gasteiger charge is 2.35. The number of benzene rings is 1. The van der Waals surface area contributed by atoms with E-state index in [0.29, 0.717) is 12.8 Å². The lowest BCUT2D eigenvalue weighted by molar-refractivity contribution is -0.907. The van der Waals surface area contributed by atoms with Gasteiger partial charge in [0, 0.05) is 6.42 Å². The molecule has 0 unspecified atom stereocenters. The van der Waals surface area contributed by atoms with Gasteiger partial charge in [-0.25, -0.2) is 5.01 Å². The lowest BCUT2D eigenvalue weighted by Crippen LogP contribution is -3.14. The summed E-state index contributed by atoms with van der Waals surface area (Å²) in [5.41, 5.74) is 1.98. The van der Waals surface area contributed by atoms with E-state index in [1.165, 1.54) is 4.90 Å². The molecule has 0 spiro atoms. The van der Waals surface area contributed by atoms with Gasteiger partial charge in [0.2, 0.25) is 5.91 Å². The fourth-order valence-electron chi connectivity index (χ4n) is 3.56. The SMILES string of the molecule is O=C(CC[NH+]1CCOCC1)N1N=C(c2ccccc2)C[C@@H]1c1ccco1. The molecule has 136 valence electrons. The van der Waals surface area contributed by atoms with Crippen LogP contribution in [0.2, 0.25) is 0 Å². The monoisotopic (exact) mass is 354 g/mol. The van der Waals surface area contributed by atoms with Gasteiger partial charge in [0.15, 0.2) is 0 Å². The molecule has 6 heteroatoms. The van der Waals surface area contributed by atoms with Crippen molar-refractivity contribution in [1.29, 1.82) is 0 Å². The first-order valence-electron chi connectivity index (χ1n) is 9.21. The second-order valence-electron chi connectivity index (χ2n) is 6.75. The molecule has 6 nitrogen and oxygen atoms in total. The highest BCUT2D eigenvalue weighted by Crippen LogP contribution is 2.33. The number of nitrogens with one attached hydrogen (secondary N) is 1. The maximum absolute atomic E-state index is 12.9. The largest absolute Gasteiger partial charge is 0.467 e. The zero-order valence-corrected chi connectivity index (χ0v) is 14.8. The van der Waals surface area contributed by atoms with Crippen molar-refractivity contribution in [1.82, 2.24) is 5.01 Å². The van der Waals surface area contributed by atoms with Gasteiger partial charge in [-0.1, -0.05) is 30.3 Å². The van der Waals surface area contributed by atoms with Crippen molar-refractivity contribution in [2.24, 2.45) is 5.10 Å². The minimum atomic E-state index is -0.160. The van der Waals surface area contributed by atoms with E-state index in [0.717, 1.165) is 49.9 Å². The van der Waals surface area contributed by atoms with Crippen LogP contribution in [0.5, 0.6) is 0 Å². The van der Waals surface area contributed by atoms with E-state index >= 15 is 0 Å². The Hall–Kier alpha value is -2.44. The van der Waals surface area contributed by atoms with Crippen molar-refractivity contribution in [2.75, 3.05) is 32.8 Å². The predicted octanol–water partition coefficient (Wildman–Crippen LogP) is 1.26. The number of hydrogen-bond acceptors (Lipinski definition) is 4. The van der Waals surface area contributed by atoms with Gasteiger partial charge in [-0.15, -0.1) is 0 Å². The van der Waals surface area contributed by atoms with Gasteiger partial charge in [-0.2, -0.15) is 5.10 Å². The van der Waals surface area contributed by atoms with Gasteiger partial charge in [0.1, 0.15) is 24.9 Å². The Balaban J connectivity index is 1.49. The molecule has 2 aliphatic rings. The van der Waals surface area contributed by atoms with Crippen LogP contribution in [0.15, 0.2) is 58.2 Å². The van der Waals surface area contributed by atoms with E-state index in [1.807, 2.05) is 42.5 Å². The lowest BCUT2D eigenvalue weighted by Gasteiger charge is -2.25. The summed E-state index contributed by atoms with van der Waals surface area (Å²) in [6.07, 6.45) is 2.81. The molecule has 2 aliphatic heterocycles. The summed E-state index contributed by atoms with van der Waals surface area (Å²) in [4.78, 5) is 14.3. The van der Waals surface area contributed by atoms with Gasteiger partial charge in [0.05, 0.1) is 38.2 Å². The summed E-state index contributed by atoms with van der Waals surface area (Å²) in [7, 11) is 0. The third kappa shape index (κ3) is 3.71. The van der Waals surface area contributed by atoms with E-state index in [4.69, 9.17) is 9.15 Å². The van der Waals surface area contributed by atoms with Crippen LogP contribution in [0, 0.1) is 0 Å². The number of amides is 1. The number of morpholine rings is 1. The standard InChI is InChI=1S/C20H23N3O3/c24-20(8-9-22-10-13-25-14-11-22)23-18(19-7-4-12-26-19)15-17(21-23)16-5-2-1-3-6-16/h1-7,12,18H,8-11,13-15H2/p+1/t18-/m1/s1. The van der Waals surface area contributed by atoms with Gasteiger partial charge in [-0.05, 0) is 17.7 Å². The van der Waals surface area contributed by atoms with E-state index in [9.17, 15) is 4.79 Å². The van der Waals surface area contributed by atoms with Crippen LogP contribution in [0.4, 0.5) is 0 Å². The number of carbonyl (C=O) groups is 1. The Kier molecular flexibility index (Phi) is 5.13. The molecule has 0 bridgehead atoms. The lowest BCUT2D eigenvalue weighted by atomic mass is 10.0. The number of nitrogens with zero attached hydrogens (tertiary/aromatic N) is 2. The first-order valence-corrected chi connectivity index (χ1v) is 9.21. The topological polar surface area (TPSA) is 59.5 Å². The van der Waals surface area contributed by atoms with Crippen molar-refractivity contribution in [3.05, 3.63) is 60.1 Å². The molecule has 0 radical (unpaired) electrons. The summed E-state index contributed by atoms with van der Waals surface area (Å²) in [5, 5.41) is 6.29. The fraction of sp³-hybridized carbons (Fsp3) is 0.400. The predicted molar refractivity (Wildman–Crippen MR) is 96.9 cm³/mol. The molecule has 3 heterocycles. The zero-order chi connectivity index (χ0) is 17.8. The number of furan rings is 1. The average Bonchev–Trinajstić information content (AvgIpc) is 3.37. The molecule has 1 N–H and O–H groups in total. The third-order valence-electron chi connectivity index (χ3n) is 5.04. The Bertz CT molecular complexity index is 752. The summed E-state index contributed by atoms with van der Waals surface area (Å²) >= 11 is 0. The van der Waals surface area contributed by atoms with E-state index in [2.05, 4.69) is 5.10 Å². The second kappa shape index (κ2) is 7.85. The number of carbonyl (C=O) groups excluding carboxylic acids is 1. The third-order valence-corrected chi connectivity index (χ3v) is 5.04. The van der Waals surface area contributed by atoms with Gasteiger partial charge in [-0.3, -0.25) is 4.79 Å². The number of rotatable bonds is 5. The highest BCUT2D eigenvalue weighted by atomic mass is 16.5. The molecule has 1 fully saturated rings. The molecule has 1 atom stereocenters. The second-order valence-corrected chi connectivity index (χ2v) is 6.75. The molecule has 1 aromatic carbocycles. The van der Waals surface area contributed by atoms with Crippen molar-refractivity contribution >= 4 is 11.6 Å². The Morgan fingerprint density at radius 2 is 1.96 bits per heavy atom. The Labute approximate surface area is 153 Å². The van der Waals surface area contributed by atoms with Crippen molar-refractivity contribution in [2.45, 2.75) is 18.9 Å². The Morgan fingerprint density at radius 3 is 2.69 bits per heavy atom. The first-order chi connectivity index (χ1) is 12.8. The average molecular weight is 354 g/mol. The van der Waals surface area contributed by atoms with Crippen LogP contribution in [0.25, 0.3) is 0 Å². The molecule has 1 amide bonds. The minimum Gasteiger partial charge on any atom is -0.467 e. The molecule has 0 saturated carbocycles. The quantitative estimate of drug-likeness (QED) is 0.880. The first kappa shape index (κ1) is 17.0. The number of hydrogen-bond donors (Lipinski definition) is 1. The molecular weight excluding hydrogens is 330 g/mol. The maximum atomic E-state index is 12.9. The smallest absolute Gasteiger partial charge is 0.249 e. The van der Waals surface area contributed by atoms with E-state index in [-0.39, 0.29) is 11.9 Å². The van der Waals surface area contributed by atoms with Crippen molar-refractivity contribution in [3.8, 4) is 0 Å². The highest BCUT2D eigenvalue weighted by molar-refractivity contribution is 6.03.